The first-order valence-electron chi connectivity index (χ1n) is 7.44. The summed E-state index contributed by atoms with van der Waals surface area (Å²) in [6.45, 7) is 0.367. The van der Waals surface area contributed by atoms with Crippen LogP contribution in [-0.2, 0) is 11.2 Å². The minimum atomic E-state index is -4.26. The normalized spacial score (nSPS) is 11.3. The van der Waals surface area contributed by atoms with Crippen molar-refractivity contribution in [3.05, 3.63) is 35.4 Å². The molecule has 0 bridgehead atoms. The van der Waals surface area contributed by atoms with Gasteiger partial charge in [0.15, 0.2) is 0 Å². The van der Waals surface area contributed by atoms with Gasteiger partial charge in [0.05, 0.1) is 0 Å². The van der Waals surface area contributed by atoms with Crippen LogP contribution in [0.3, 0.4) is 0 Å². The average molecular weight is 331 g/mol. The molecule has 0 unspecified atom stereocenters. The van der Waals surface area contributed by atoms with Crippen molar-refractivity contribution in [1.29, 1.82) is 0 Å². The molecule has 128 valence electrons. The van der Waals surface area contributed by atoms with Crippen LogP contribution in [0, 0.1) is 0 Å². The largest absolute Gasteiger partial charge is 0.481 e. The van der Waals surface area contributed by atoms with E-state index in [0.29, 0.717) is 31.4 Å². The molecule has 0 atom stereocenters. The molecule has 1 aromatic rings. The highest BCUT2D eigenvalue weighted by Gasteiger charge is 2.27. The number of hydrogen-bond donors (Lipinski definition) is 2. The summed E-state index contributed by atoms with van der Waals surface area (Å²) < 4.78 is 36.9. The van der Waals surface area contributed by atoms with Gasteiger partial charge in [0.2, 0.25) is 0 Å². The minimum absolute atomic E-state index is 0.0915. The Hall–Kier alpha value is -2.05. The van der Waals surface area contributed by atoms with E-state index >= 15 is 0 Å². The molecule has 1 rings (SSSR count). The number of aliphatic carboxylic acids is 1. The highest BCUT2D eigenvalue weighted by Crippen LogP contribution is 2.23. The number of carboxylic acid groups (broad SMARTS) is 1. The van der Waals surface area contributed by atoms with E-state index in [1.54, 1.807) is 12.1 Å². The molecule has 0 heterocycles. The van der Waals surface area contributed by atoms with Gasteiger partial charge in [0, 0.05) is 24.9 Å². The maximum absolute atomic E-state index is 12.3. The third kappa shape index (κ3) is 8.23. The van der Waals surface area contributed by atoms with Gasteiger partial charge in [0.1, 0.15) is 0 Å². The summed E-state index contributed by atoms with van der Waals surface area (Å²) in [5.74, 6) is -1.26. The quantitative estimate of drug-likeness (QED) is 0.680. The molecule has 0 aliphatic heterocycles. The van der Waals surface area contributed by atoms with Crippen molar-refractivity contribution in [1.82, 2.24) is 5.32 Å². The number of aryl methyl sites for hydroxylation is 1. The number of halogens is 3. The van der Waals surface area contributed by atoms with Crippen LogP contribution in [0.15, 0.2) is 24.3 Å². The van der Waals surface area contributed by atoms with Crippen molar-refractivity contribution in [2.75, 3.05) is 6.54 Å². The van der Waals surface area contributed by atoms with Gasteiger partial charge in [-0.25, -0.2) is 0 Å². The Labute approximate surface area is 132 Å². The zero-order valence-electron chi connectivity index (χ0n) is 12.7. The van der Waals surface area contributed by atoms with Crippen LogP contribution in [0.25, 0.3) is 0 Å². The van der Waals surface area contributed by atoms with Crippen LogP contribution >= 0.6 is 0 Å². The van der Waals surface area contributed by atoms with Crippen molar-refractivity contribution in [3.63, 3.8) is 0 Å². The summed E-state index contributed by atoms with van der Waals surface area (Å²) in [5, 5.41) is 11.2. The molecule has 0 aliphatic rings. The number of nitrogens with one attached hydrogen (secondary N) is 1. The highest BCUT2D eigenvalue weighted by molar-refractivity contribution is 5.95. The number of carbonyl (C=O) groups is 2. The lowest BCUT2D eigenvalue weighted by molar-refractivity contribution is -0.137. The van der Waals surface area contributed by atoms with Crippen LogP contribution in [0.4, 0.5) is 13.2 Å². The van der Waals surface area contributed by atoms with Gasteiger partial charge in [-0.15, -0.1) is 0 Å². The second-order valence-electron chi connectivity index (χ2n) is 5.23. The Balaban J connectivity index is 2.45. The topological polar surface area (TPSA) is 66.4 Å². The summed E-state index contributed by atoms with van der Waals surface area (Å²) >= 11 is 0. The Morgan fingerprint density at radius 3 is 2.43 bits per heavy atom. The van der Waals surface area contributed by atoms with Crippen LogP contribution in [0.5, 0.6) is 0 Å². The van der Waals surface area contributed by atoms with Crippen molar-refractivity contribution >= 4 is 11.9 Å². The van der Waals surface area contributed by atoms with Gasteiger partial charge in [0.25, 0.3) is 5.91 Å². The fourth-order valence-electron chi connectivity index (χ4n) is 2.11. The van der Waals surface area contributed by atoms with Crippen molar-refractivity contribution in [2.45, 2.75) is 44.7 Å². The molecule has 1 amide bonds. The van der Waals surface area contributed by atoms with Crippen LogP contribution in [0.1, 0.15) is 48.0 Å². The van der Waals surface area contributed by atoms with E-state index in [1.807, 2.05) is 0 Å². The number of hydrogen-bond acceptors (Lipinski definition) is 2. The second kappa shape index (κ2) is 9.17. The Bertz CT molecular complexity index is 530. The summed E-state index contributed by atoms with van der Waals surface area (Å²) in [6, 6.07) is 6.24. The molecule has 2 N–H and O–H groups in total. The lowest BCUT2D eigenvalue weighted by Gasteiger charge is -2.11. The average Bonchev–Trinajstić information content (AvgIpc) is 2.47. The Morgan fingerprint density at radius 2 is 1.78 bits per heavy atom. The SMILES string of the molecule is O=C(O)CCCCCNC(=O)c1ccccc1CCC(F)(F)F. The molecule has 0 spiro atoms. The first kappa shape index (κ1) is 19.0. The maximum Gasteiger partial charge on any atom is 0.389 e. The molecule has 0 aliphatic carbocycles. The minimum Gasteiger partial charge on any atom is -0.481 e. The molecule has 0 aromatic heterocycles. The number of carbonyl (C=O) groups excluding carboxylic acids is 1. The number of amides is 1. The summed E-state index contributed by atoms with van der Waals surface area (Å²) in [4.78, 5) is 22.4. The third-order valence-corrected chi connectivity index (χ3v) is 3.29. The lowest BCUT2D eigenvalue weighted by atomic mass is 10.0. The smallest absolute Gasteiger partial charge is 0.389 e. The van der Waals surface area contributed by atoms with Gasteiger partial charge in [-0.1, -0.05) is 24.6 Å². The molecule has 0 saturated heterocycles. The van der Waals surface area contributed by atoms with E-state index in [4.69, 9.17) is 5.11 Å². The van der Waals surface area contributed by atoms with Crippen LogP contribution in [-0.4, -0.2) is 29.7 Å². The van der Waals surface area contributed by atoms with Crippen LogP contribution < -0.4 is 5.32 Å². The summed E-state index contributed by atoms with van der Waals surface area (Å²) in [6.07, 6.45) is -3.53. The third-order valence-electron chi connectivity index (χ3n) is 3.29. The highest BCUT2D eigenvalue weighted by atomic mass is 19.4. The fourth-order valence-corrected chi connectivity index (χ4v) is 2.11. The second-order valence-corrected chi connectivity index (χ2v) is 5.23. The van der Waals surface area contributed by atoms with E-state index in [0.717, 1.165) is 0 Å². The molecule has 0 fully saturated rings. The fraction of sp³-hybridized carbons (Fsp3) is 0.500. The molecule has 7 heteroatoms. The molecule has 0 radical (unpaired) electrons. The predicted molar refractivity (Wildman–Crippen MR) is 79.3 cm³/mol. The molecular formula is C16H20F3NO3. The van der Waals surface area contributed by atoms with Gasteiger partial charge in [-0.2, -0.15) is 13.2 Å². The van der Waals surface area contributed by atoms with Gasteiger partial charge >= 0.3 is 12.1 Å². The number of alkyl halides is 3. The van der Waals surface area contributed by atoms with E-state index < -0.39 is 24.5 Å². The standard InChI is InChI=1S/C16H20F3NO3/c17-16(18,19)10-9-12-6-3-4-7-13(12)15(23)20-11-5-1-2-8-14(21)22/h3-4,6-7H,1-2,5,8-11H2,(H,20,23)(H,21,22). The summed E-state index contributed by atoms with van der Waals surface area (Å²) in [7, 11) is 0. The van der Waals surface area contributed by atoms with Crippen LogP contribution in [0.2, 0.25) is 0 Å². The van der Waals surface area contributed by atoms with E-state index in [9.17, 15) is 22.8 Å². The first-order valence-corrected chi connectivity index (χ1v) is 7.44. The molecule has 0 saturated carbocycles. The van der Waals surface area contributed by atoms with Gasteiger partial charge in [-0.3, -0.25) is 9.59 Å². The van der Waals surface area contributed by atoms with Gasteiger partial charge < -0.3 is 10.4 Å². The zero-order chi connectivity index (χ0) is 17.3. The Kier molecular flexibility index (Phi) is 7.57. The van der Waals surface area contributed by atoms with Crippen molar-refractivity contribution < 1.29 is 27.9 Å². The maximum atomic E-state index is 12.3. The first-order chi connectivity index (χ1) is 10.8. The molecule has 23 heavy (non-hydrogen) atoms. The summed E-state index contributed by atoms with van der Waals surface area (Å²) in [5.41, 5.74) is 0.621. The Morgan fingerprint density at radius 1 is 1.09 bits per heavy atom. The van der Waals surface area contributed by atoms with E-state index in [2.05, 4.69) is 5.32 Å². The molecule has 1 aromatic carbocycles. The predicted octanol–water partition coefficient (Wildman–Crippen LogP) is 3.56. The van der Waals surface area contributed by atoms with E-state index in [1.165, 1.54) is 12.1 Å². The zero-order valence-corrected chi connectivity index (χ0v) is 12.7. The lowest BCUT2D eigenvalue weighted by Crippen LogP contribution is -2.25. The molecule has 4 nitrogen and oxygen atoms in total. The number of carboxylic acids is 1. The number of benzene rings is 1. The van der Waals surface area contributed by atoms with Crippen molar-refractivity contribution in [2.24, 2.45) is 0 Å². The van der Waals surface area contributed by atoms with Gasteiger partial charge in [-0.05, 0) is 30.9 Å². The molecular weight excluding hydrogens is 311 g/mol. The number of rotatable bonds is 9. The van der Waals surface area contributed by atoms with Crippen molar-refractivity contribution in [3.8, 4) is 0 Å². The van der Waals surface area contributed by atoms with E-state index in [-0.39, 0.29) is 18.4 Å². The number of unbranched alkanes of at least 4 members (excludes halogenated alkanes) is 2. The monoisotopic (exact) mass is 331 g/mol.